The van der Waals surface area contributed by atoms with Crippen molar-refractivity contribution in [2.75, 3.05) is 38.5 Å². The summed E-state index contributed by atoms with van der Waals surface area (Å²) in [5.74, 6) is -0.762. The first-order chi connectivity index (χ1) is 11.8. The van der Waals surface area contributed by atoms with E-state index in [0.717, 1.165) is 42.9 Å². The number of likely N-dealkylation sites (N-methyl/N-ethyl adjacent to an activating group) is 1. The van der Waals surface area contributed by atoms with Crippen molar-refractivity contribution in [2.24, 2.45) is 0 Å². The van der Waals surface area contributed by atoms with Crippen LogP contribution in [0.4, 0.5) is 5.00 Å². The van der Waals surface area contributed by atoms with E-state index in [1.165, 1.54) is 10.4 Å². The van der Waals surface area contributed by atoms with Crippen molar-refractivity contribution in [3.63, 3.8) is 0 Å². The van der Waals surface area contributed by atoms with Crippen LogP contribution in [-0.2, 0) is 9.59 Å². The first-order valence-electron chi connectivity index (χ1n) is 8.78. The molecule has 1 unspecified atom stereocenters. The standard InChI is InChI=1S/C18H29N3O3S/c1-12-13(2)18(25-14(12)3)19-16(22)10-21-8-5-6-15(7-9-21)20(4)11-17(23)24/h15H,5-11H2,1-4H3,(H,19,22)(H,23,24). The Hall–Kier alpha value is -1.44. The molecule has 1 aromatic rings. The molecule has 140 valence electrons. The van der Waals surface area contributed by atoms with Gasteiger partial charge in [-0.05, 0) is 64.8 Å². The third-order valence-electron chi connectivity index (χ3n) is 5.10. The van der Waals surface area contributed by atoms with Gasteiger partial charge in [0.15, 0.2) is 0 Å². The number of nitrogens with one attached hydrogen (secondary N) is 1. The molecular weight excluding hydrogens is 338 g/mol. The first kappa shape index (κ1) is 19.9. The van der Waals surface area contributed by atoms with Gasteiger partial charge in [-0.2, -0.15) is 0 Å². The number of anilines is 1. The summed E-state index contributed by atoms with van der Waals surface area (Å²) in [5.41, 5.74) is 2.40. The number of amides is 1. The average Bonchev–Trinajstić information content (AvgIpc) is 2.72. The minimum absolute atomic E-state index is 0.0293. The molecule has 0 aromatic carbocycles. The van der Waals surface area contributed by atoms with Crippen LogP contribution < -0.4 is 5.32 Å². The van der Waals surface area contributed by atoms with E-state index in [2.05, 4.69) is 24.1 Å². The maximum atomic E-state index is 12.4. The molecule has 1 aliphatic heterocycles. The van der Waals surface area contributed by atoms with E-state index in [9.17, 15) is 9.59 Å². The number of carboxylic acids is 1. The Bertz CT molecular complexity index is 629. The Labute approximate surface area is 153 Å². The summed E-state index contributed by atoms with van der Waals surface area (Å²) in [6.45, 7) is 8.37. The van der Waals surface area contributed by atoms with Crippen molar-refractivity contribution in [3.8, 4) is 0 Å². The second-order valence-electron chi connectivity index (χ2n) is 6.96. The lowest BCUT2D eigenvalue weighted by Crippen LogP contribution is -2.37. The Morgan fingerprint density at radius 2 is 1.96 bits per heavy atom. The predicted molar refractivity (Wildman–Crippen MR) is 102 cm³/mol. The molecule has 25 heavy (non-hydrogen) atoms. The molecule has 6 nitrogen and oxygen atoms in total. The van der Waals surface area contributed by atoms with Crippen LogP contribution in [0.15, 0.2) is 0 Å². The van der Waals surface area contributed by atoms with Crippen LogP contribution in [0.3, 0.4) is 0 Å². The maximum absolute atomic E-state index is 12.4. The van der Waals surface area contributed by atoms with Crippen molar-refractivity contribution in [3.05, 3.63) is 16.0 Å². The van der Waals surface area contributed by atoms with Crippen LogP contribution in [0.2, 0.25) is 0 Å². The number of hydrogen-bond acceptors (Lipinski definition) is 5. The Morgan fingerprint density at radius 3 is 2.56 bits per heavy atom. The summed E-state index contributed by atoms with van der Waals surface area (Å²) < 4.78 is 0. The zero-order valence-electron chi connectivity index (χ0n) is 15.6. The third-order valence-corrected chi connectivity index (χ3v) is 6.33. The number of carbonyl (C=O) groups is 2. The number of carboxylic acid groups (broad SMARTS) is 1. The van der Waals surface area contributed by atoms with E-state index in [-0.39, 0.29) is 18.5 Å². The molecule has 0 radical (unpaired) electrons. The molecule has 2 rings (SSSR count). The number of carbonyl (C=O) groups excluding carboxylic acids is 1. The molecule has 7 heteroatoms. The largest absolute Gasteiger partial charge is 0.480 e. The van der Waals surface area contributed by atoms with Gasteiger partial charge in [0.05, 0.1) is 18.1 Å². The highest BCUT2D eigenvalue weighted by Gasteiger charge is 2.23. The van der Waals surface area contributed by atoms with Gasteiger partial charge in [-0.15, -0.1) is 11.3 Å². The number of thiophene rings is 1. The Balaban J connectivity index is 1.85. The van der Waals surface area contributed by atoms with E-state index in [1.54, 1.807) is 11.3 Å². The average molecular weight is 368 g/mol. The van der Waals surface area contributed by atoms with E-state index in [4.69, 9.17) is 5.11 Å². The van der Waals surface area contributed by atoms with Crippen molar-refractivity contribution in [2.45, 2.75) is 46.1 Å². The van der Waals surface area contributed by atoms with Gasteiger partial charge in [0, 0.05) is 17.5 Å². The van der Waals surface area contributed by atoms with Crippen LogP contribution in [-0.4, -0.2) is 66.1 Å². The lowest BCUT2D eigenvalue weighted by Gasteiger charge is -2.25. The van der Waals surface area contributed by atoms with E-state index < -0.39 is 5.97 Å². The second kappa shape index (κ2) is 8.78. The zero-order valence-corrected chi connectivity index (χ0v) is 16.4. The summed E-state index contributed by atoms with van der Waals surface area (Å²) >= 11 is 1.63. The van der Waals surface area contributed by atoms with Gasteiger partial charge in [0.2, 0.25) is 5.91 Å². The fraction of sp³-hybridized carbons (Fsp3) is 0.667. The summed E-state index contributed by atoms with van der Waals surface area (Å²) in [7, 11) is 1.87. The number of rotatable bonds is 6. The van der Waals surface area contributed by atoms with Gasteiger partial charge in [0.1, 0.15) is 0 Å². The highest BCUT2D eigenvalue weighted by atomic mass is 32.1. The number of likely N-dealkylation sites (tertiary alicyclic amines) is 1. The molecule has 0 spiro atoms. The maximum Gasteiger partial charge on any atom is 0.317 e. The Morgan fingerprint density at radius 1 is 1.24 bits per heavy atom. The van der Waals surface area contributed by atoms with Gasteiger partial charge in [-0.1, -0.05) is 0 Å². The highest BCUT2D eigenvalue weighted by molar-refractivity contribution is 7.16. The van der Waals surface area contributed by atoms with E-state index in [0.29, 0.717) is 6.54 Å². The molecule has 1 fully saturated rings. The van der Waals surface area contributed by atoms with Gasteiger partial charge < -0.3 is 10.4 Å². The Kier molecular flexibility index (Phi) is 6.98. The number of hydrogen-bond donors (Lipinski definition) is 2. The fourth-order valence-electron chi connectivity index (χ4n) is 3.31. The van der Waals surface area contributed by atoms with Crippen LogP contribution in [0.5, 0.6) is 0 Å². The zero-order chi connectivity index (χ0) is 18.6. The van der Waals surface area contributed by atoms with Crippen LogP contribution >= 0.6 is 11.3 Å². The lowest BCUT2D eigenvalue weighted by atomic mass is 10.1. The molecule has 1 aromatic heterocycles. The van der Waals surface area contributed by atoms with Gasteiger partial charge in [-0.25, -0.2) is 0 Å². The first-order valence-corrected chi connectivity index (χ1v) is 9.60. The SMILES string of the molecule is Cc1sc(NC(=O)CN2CCCC(N(C)CC(=O)O)CC2)c(C)c1C. The third kappa shape index (κ3) is 5.52. The summed E-state index contributed by atoms with van der Waals surface area (Å²) in [6, 6.07) is 0.272. The molecule has 1 aliphatic rings. The molecule has 1 amide bonds. The second-order valence-corrected chi connectivity index (χ2v) is 8.18. The van der Waals surface area contributed by atoms with Crippen molar-refractivity contribution in [1.29, 1.82) is 0 Å². The van der Waals surface area contributed by atoms with Gasteiger partial charge in [-0.3, -0.25) is 19.4 Å². The smallest absolute Gasteiger partial charge is 0.317 e. The summed E-state index contributed by atoms with van der Waals surface area (Å²) in [4.78, 5) is 28.6. The minimum atomic E-state index is -0.792. The molecular formula is C18H29N3O3S. The molecule has 2 N–H and O–H groups in total. The van der Waals surface area contributed by atoms with Gasteiger partial charge in [0.25, 0.3) is 0 Å². The monoisotopic (exact) mass is 367 g/mol. The number of nitrogens with zero attached hydrogens (tertiary/aromatic N) is 2. The molecule has 1 saturated heterocycles. The van der Waals surface area contributed by atoms with E-state index >= 15 is 0 Å². The van der Waals surface area contributed by atoms with Crippen molar-refractivity contribution >= 4 is 28.2 Å². The summed E-state index contributed by atoms with van der Waals surface area (Å²) in [5, 5.41) is 12.9. The van der Waals surface area contributed by atoms with Crippen LogP contribution in [0.1, 0.15) is 35.3 Å². The normalized spacial score (nSPS) is 19.0. The van der Waals surface area contributed by atoms with Crippen molar-refractivity contribution in [1.82, 2.24) is 9.80 Å². The molecule has 0 aliphatic carbocycles. The highest BCUT2D eigenvalue weighted by Crippen LogP contribution is 2.31. The predicted octanol–water partition coefficient (Wildman–Crippen LogP) is 2.48. The molecule has 0 bridgehead atoms. The topological polar surface area (TPSA) is 72.9 Å². The van der Waals surface area contributed by atoms with Crippen molar-refractivity contribution < 1.29 is 14.7 Å². The molecule has 0 saturated carbocycles. The molecule has 1 atom stereocenters. The van der Waals surface area contributed by atoms with Crippen LogP contribution in [0, 0.1) is 20.8 Å². The van der Waals surface area contributed by atoms with Gasteiger partial charge >= 0.3 is 5.97 Å². The number of aliphatic carboxylic acids is 1. The number of aryl methyl sites for hydroxylation is 1. The lowest BCUT2D eigenvalue weighted by molar-refractivity contribution is -0.138. The molecule has 2 heterocycles. The van der Waals surface area contributed by atoms with E-state index in [1.807, 2.05) is 18.9 Å². The van der Waals surface area contributed by atoms with Crippen LogP contribution in [0.25, 0.3) is 0 Å². The fourth-order valence-corrected chi connectivity index (χ4v) is 4.39. The quantitative estimate of drug-likeness (QED) is 0.808. The minimum Gasteiger partial charge on any atom is -0.480 e. The summed E-state index contributed by atoms with van der Waals surface area (Å²) in [6.07, 6.45) is 2.86.